The molecule has 0 spiro atoms. The number of hydrogen-bond donors (Lipinski definition) is 0. The molecule has 0 bridgehead atoms. The second-order valence-corrected chi connectivity index (χ2v) is 6.76. The van der Waals surface area contributed by atoms with E-state index >= 15 is 0 Å². The standard InChI is InChI=1S/C22H24O2/c1-3-19(23)21-15(2)20(24)14-18(16-10-6-4-7-11-16)22(21)17-12-8-5-9-13-17/h4-13,15,18,21-22H,3,14H2,1-2H3. The number of hydrogen-bond acceptors (Lipinski definition) is 2. The first-order chi connectivity index (χ1) is 11.6. The van der Waals surface area contributed by atoms with E-state index in [-0.39, 0.29) is 35.2 Å². The van der Waals surface area contributed by atoms with E-state index in [1.165, 1.54) is 0 Å². The third-order valence-corrected chi connectivity index (χ3v) is 5.42. The normalized spacial score (nSPS) is 27.0. The van der Waals surface area contributed by atoms with E-state index in [1.54, 1.807) is 0 Å². The fourth-order valence-electron chi connectivity index (χ4n) is 4.15. The quantitative estimate of drug-likeness (QED) is 0.814. The van der Waals surface area contributed by atoms with Gasteiger partial charge in [0.05, 0.1) is 0 Å². The monoisotopic (exact) mass is 320 g/mol. The van der Waals surface area contributed by atoms with Gasteiger partial charge >= 0.3 is 0 Å². The summed E-state index contributed by atoms with van der Waals surface area (Å²) in [4.78, 5) is 25.4. The molecule has 24 heavy (non-hydrogen) atoms. The van der Waals surface area contributed by atoms with Gasteiger partial charge in [0.25, 0.3) is 0 Å². The van der Waals surface area contributed by atoms with Crippen LogP contribution in [0.5, 0.6) is 0 Å². The highest BCUT2D eigenvalue weighted by atomic mass is 16.1. The highest BCUT2D eigenvalue weighted by Crippen LogP contribution is 2.48. The third kappa shape index (κ3) is 3.06. The lowest BCUT2D eigenvalue weighted by atomic mass is 9.61. The Morgan fingerprint density at radius 3 is 2.04 bits per heavy atom. The van der Waals surface area contributed by atoms with Crippen molar-refractivity contribution in [1.82, 2.24) is 0 Å². The van der Waals surface area contributed by atoms with Crippen LogP contribution in [0.3, 0.4) is 0 Å². The summed E-state index contributed by atoms with van der Waals surface area (Å²) in [6, 6.07) is 20.4. The summed E-state index contributed by atoms with van der Waals surface area (Å²) in [5.74, 6) is 0.103. The van der Waals surface area contributed by atoms with Crippen molar-refractivity contribution in [2.75, 3.05) is 0 Å². The molecule has 1 aliphatic carbocycles. The maximum Gasteiger partial charge on any atom is 0.137 e. The highest BCUT2D eigenvalue weighted by molar-refractivity contribution is 5.92. The Balaban J connectivity index is 2.12. The van der Waals surface area contributed by atoms with E-state index in [4.69, 9.17) is 0 Å². The van der Waals surface area contributed by atoms with Crippen LogP contribution in [0, 0.1) is 11.8 Å². The second kappa shape index (κ2) is 7.12. The molecule has 2 aromatic carbocycles. The molecule has 1 fully saturated rings. The van der Waals surface area contributed by atoms with Crippen LogP contribution in [0.4, 0.5) is 0 Å². The molecule has 1 saturated carbocycles. The van der Waals surface area contributed by atoms with E-state index in [0.717, 1.165) is 11.1 Å². The first kappa shape index (κ1) is 16.6. The summed E-state index contributed by atoms with van der Waals surface area (Å²) in [7, 11) is 0. The molecule has 4 unspecified atom stereocenters. The van der Waals surface area contributed by atoms with E-state index in [1.807, 2.05) is 50.2 Å². The first-order valence-corrected chi connectivity index (χ1v) is 8.78. The van der Waals surface area contributed by atoms with Crippen LogP contribution in [0.25, 0.3) is 0 Å². The van der Waals surface area contributed by atoms with Crippen LogP contribution >= 0.6 is 0 Å². The molecule has 0 N–H and O–H groups in total. The molecule has 2 nitrogen and oxygen atoms in total. The SMILES string of the molecule is CCC(=O)C1C(C)C(=O)CC(c2ccccc2)C1c1ccccc1. The van der Waals surface area contributed by atoms with Gasteiger partial charge in [-0.05, 0) is 17.0 Å². The second-order valence-electron chi connectivity index (χ2n) is 6.76. The largest absolute Gasteiger partial charge is 0.299 e. The lowest BCUT2D eigenvalue weighted by Gasteiger charge is -2.41. The fraction of sp³-hybridized carbons (Fsp3) is 0.364. The highest BCUT2D eigenvalue weighted by Gasteiger charge is 2.45. The minimum atomic E-state index is -0.233. The van der Waals surface area contributed by atoms with Gasteiger partial charge in [-0.25, -0.2) is 0 Å². The van der Waals surface area contributed by atoms with Crippen LogP contribution in [0.1, 0.15) is 49.7 Å². The molecule has 3 rings (SSSR count). The van der Waals surface area contributed by atoms with Crippen LogP contribution in [-0.4, -0.2) is 11.6 Å². The molecule has 124 valence electrons. The first-order valence-electron chi connectivity index (χ1n) is 8.78. The summed E-state index contributed by atoms with van der Waals surface area (Å²) in [5.41, 5.74) is 2.32. The van der Waals surface area contributed by atoms with Crippen molar-refractivity contribution < 1.29 is 9.59 Å². The number of benzene rings is 2. The molecule has 0 aliphatic heterocycles. The topological polar surface area (TPSA) is 34.1 Å². The molecule has 0 amide bonds. The summed E-state index contributed by atoms with van der Waals surface area (Å²) in [5, 5.41) is 0. The zero-order valence-electron chi connectivity index (χ0n) is 14.3. The van der Waals surface area contributed by atoms with Crippen molar-refractivity contribution in [2.45, 2.75) is 38.5 Å². The summed E-state index contributed by atoms with van der Waals surface area (Å²) in [6.07, 6.45) is 0.991. The molecule has 0 heterocycles. The predicted octanol–water partition coefficient (Wildman–Crippen LogP) is 4.76. The smallest absolute Gasteiger partial charge is 0.137 e. The number of carbonyl (C=O) groups excluding carboxylic acids is 2. The van der Waals surface area contributed by atoms with Gasteiger partial charge in [0.1, 0.15) is 11.6 Å². The summed E-state index contributed by atoms with van der Waals surface area (Å²) in [6.45, 7) is 3.82. The Hall–Kier alpha value is -2.22. The summed E-state index contributed by atoms with van der Waals surface area (Å²) >= 11 is 0. The zero-order chi connectivity index (χ0) is 17.1. The van der Waals surface area contributed by atoms with Gasteiger partial charge in [-0.3, -0.25) is 9.59 Å². The van der Waals surface area contributed by atoms with Gasteiger partial charge in [-0.2, -0.15) is 0 Å². The van der Waals surface area contributed by atoms with E-state index in [0.29, 0.717) is 12.8 Å². The average Bonchev–Trinajstić information content (AvgIpc) is 2.64. The number of carbonyl (C=O) groups is 2. The Kier molecular flexibility index (Phi) is 4.94. The van der Waals surface area contributed by atoms with Gasteiger partial charge in [-0.15, -0.1) is 0 Å². The van der Waals surface area contributed by atoms with Crippen molar-refractivity contribution in [3.8, 4) is 0 Å². The molecule has 4 atom stereocenters. The zero-order valence-corrected chi connectivity index (χ0v) is 14.3. The van der Waals surface area contributed by atoms with Crippen molar-refractivity contribution in [1.29, 1.82) is 0 Å². The molecule has 0 radical (unpaired) electrons. The van der Waals surface area contributed by atoms with Crippen molar-refractivity contribution in [3.05, 3.63) is 71.8 Å². The lowest BCUT2D eigenvalue weighted by molar-refractivity contribution is -0.136. The molecule has 1 aliphatic rings. The van der Waals surface area contributed by atoms with Crippen molar-refractivity contribution in [2.24, 2.45) is 11.8 Å². The Morgan fingerprint density at radius 1 is 0.958 bits per heavy atom. The van der Waals surface area contributed by atoms with Crippen LogP contribution in [-0.2, 0) is 9.59 Å². The molecule has 2 aromatic rings. The summed E-state index contributed by atoms with van der Waals surface area (Å²) < 4.78 is 0. The Labute approximate surface area is 143 Å². The third-order valence-electron chi connectivity index (χ3n) is 5.42. The predicted molar refractivity (Wildman–Crippen MR) is 95.9 cm³/mol. The van der Waals surface area contributed by atoms with Gasteiger partial charge in [0.15, 0.2) is 0 Å². The van der Waals surface area contributed by atoms with Crippen molar-refractivity contribution in [3.63, 3.8) is 0 Å². The van der Waals surface area contributed by atoms with Gasteiger partial charge < -0.3 is 0 Å². The van der Waals surface area contributed by atoms with Gasteiger partial charge in [0, 0.05) is 30.6 Å². The Morgan fingerprint density at radius 2 is 1.50 bits per heavy atom. The Bertz CT molecular complexity index is 705. The van der Waals surface area contributed by atoms with E-state index < -0.39 is 0 Å². The van der Waals surface area contributed by atoms with Gasteiger partial charge in [0.2, 0.25) is 0 Å². The molecule has 0 aromatic heterocycles. The van der Waals surface area contributed by atoms with Crippen LogP contribution in [0.2, 0.25) is 0 Å². The van der Waals surface area contributed by atoms with Gasteiger partial charge in [-0.1, -0.05) is 74.5 Å². The number of Topliss-reactive ketones (excluding diaryl/α,β-unsaturated/α-hetero) is 2. The van der Waals surface area contributed by atoms with Crippen LogP contribution < -0.4 is 0 Å². The molecule has 0 saturated heterocycles. The number of rotatable bonds is 4. The molecular formula is C22H24O2. The molecule has 2 heteroatoms. The maximum atomic E-state index is 12.7. The van der Waals surface area contributed by atoms with Crippen LogP contribution in [0.15, 0.2) is 60.7 Å². The van der Waals surface area contributed by atoms with E-state index in [9.17, 15) is 9.59 Å². The molecular weight excluding hydrogens is 296 g/mol. The minimum Gasteiger partial charge on any atom is -0.299 e. The van der Waals surface area contributed by atoms with E-state index in [2.05, 4.69) is 24.3 Å². The lowest BCUT2D eigenvalue weighted by Crippen LogP contribution is -2.41. The van der Waals surface area contributed by atoms with Crippen molar-refractivity contribution >= 4 is 11.6 Å². The average molecular weight is 320 g/mol. The maximum absolute atomic E-state index is 12.7. The fourth-order valence-corrected chi connectivity index (χ4v) is 4.15. The number of ketones is 2. The minimum absolute atomic E-state index is 0.0637.